The average Bonchev–Trinajstić information content (AvgIpc) is 2.52. The molecule has 116 valence electrons. The summed E-state index contributed by atoms with van der Waals surface area (Å²) < 4.78 is 7.18. The lowest BCUT2D eigenvalue weighted by molar-refractivity contribution is -0.384. The molecule has 0 aliphatic heterocycles. The number of benzene rings is 2. The number of non-ortho nitro benzene ring substituents is 1. The number of nitrogens with zero attached hydrogens (tertiary/aromatic N) is 2. The van der Waals surface area contributed by atoms with E-state index in [0.717, 1.165) is 14.5 Å². The van der Waals surface area contributed by atoms with Gasteiger partial charge >= 0.3 is 0 Å². The molecule has 0 heterocycles. The Balaban J connectivity index is 2.18. The fraction of sp³-hybridized carbons (Fsp3) is 0.0625. The largest absolute Gasteiger partial charge is 0.487 e. The number of rotatable bonds is 5. The third-order valence-electron chi connectivity index (χ3n) is 2.88. The summed E-state index contributed by atoms with van der Waals surface area (Å²) in [4.78, 5) is 10.3. The van der Waals surface area contributed by atoms with E-state index < -0.39 is 4.92 Å². The predicted octanol–water partition coefficient (Wildman–Crippen LogP) is 5.24. The molecule has 23 heavy (non-hydrogen) atoms. The fourth-order valence-electron chi connectivity index (χ4n) is 1.86. The summed E-state index contributed by atoms with van der Waals surface area (Å²) in [5.41, 5.74) is 1.57. The molecule has 2 rings (SSSR count). The van der Waals surface area contributed by atoms with Crippen molar-refractivity contribution in [2.24, 2.45) is 0 Å². The van der Waals surface area contributed by atoms with E-state index in [2.05, 4.69) is 31.9 Å². The molecule has 0 amide bonds. The van der Waals surface area contributed by atoms with Crippen LogP contribution in [0.5, 0.6) is 5.75 Å². The lowest BCUT2D eigenvalue weighted by Crippen LogP contribution is -1.98. The van der Waals surface area contributed by atoms with Crippen molar-refractivity contribution in [3.63, 3.8) is 0 Å². The summed E-state index contributed by atoms with van der Waals surface area (Å²) in [5, 5.41) is 19.3. The molecule has 0 spiro atoms. The standard InChI is InChI=1S/C16H10Br2N2O3/c17-14-8-11(4-2-6-19)9-15(18)16(14)23-10-12-3-1-5-13(7-12)20(21)22/h1-5,7-9H,10H2/b4-2+. The zero-order valence-corrected chi connectivity index (χ0v) is 14.9. The van der Waals surface area contributed by atoms with Gasteiger partial charge in [0.05, 0.1) is 19.9 Å². The Bertz CT molecular complexity index is 790. The molecular weight excluding hydrogens is 428 g/mol. The van der Waals surface area contributed by atoms with Gasteiger partial charge in [0.15, 0.2) is 0 Å². The molecule has 0 bridgehead atoms. The third kappa shape index (κ3) is 4.65. The van der Waals surface area contributed by atoms with Crippen LogP contribution in [0.3, 0.4) is 0 Å². The van der Waals surface area contributed by atoms with E-state index in [1.54, 1.807) is 18.2 Å². The topological polar surface area (TPSA) is 76.2 Å². The first-order valence-electron chi connectivity index (χ1n) is 6.42. The van der Waals surface area contributed by atoms with Crippen LogP contribution >= 0.6 is 31.9 Å². The zero-order chi connectivity index (χ0) is 16.8. The maximum atomic E-state index is 10.8. The molecule has 0 unspecified atom stereocenters. The summed E-state index contributed by atoms with van der Waals surface area (Å²) in [6, 6.07) is 11.9. The highest BCUT2D eigenvalue weighted by Crippen LogP contribution is 2.35. The molecule has 0 aliphatic carbocycles. The Kier molecular flexibility index (Phi) is 5.90. The summed E-state index contributed by atoms with van der Waals surface area (Å²) >= 11 is 6.84. The molecule has 5 nitrogen and oxygen atoms in total. The van der Waals surface area contributed by atoms with E-state index in [1.165, 1.54) is 18.2 Å². The molecule has 0 atom stereocenters. The number of nitriles is 1. The summed E-state index contributed by atoms with van der Waals surface area (Å²) in [6.45, 7) is 0.201. The number of nitro benzene ring substituents is 1. The molecule has 0 saturated carbocycles. The second-order valence-corrected chi connectivity index (χ2v) is 6.20. The van der Waals surface area contributed by atoms with Crippen molar-refractivity contribution in [3.05, 3.63) is 72.7 Å². The van der Waals surface area contributed by atoms with Crippen LogP contribution in [0.4, 0.5) is 5.69 Å². The highest BCUT2D eigenvalue weighted by atomic mass is 79.9. The summed E-state index contributed by atoms with van der Waals surface area (Å²) in [5.74, 6) is 0.589. The van der Waals surface area contributed by atoms with Gasteiger partial charge in [-0.15, -0.1) is 0 Å². The first kappa shape index (κ1) is 17.2. The Morgan fingerprint density at radius 2 is 1.96 bits per heavy atom. The van der Waals surface area contributed by atoms with Crippen molar-refractivity contribution >= 4 is 43.6 Å². The van der Waals surface area contributed by atoms with Gasteiger partial charge in [0.25, 0.3) is 5.69 Å². The van der Waals surface area contributed by atoms with Gasteiger partial charge in [-0.25, -0.2) is 0 Å². The van der Waals surface area contributed by atoms with Gasteiger partial charge in [0.1, 0.15) is 12.4 Å². The number of hydrogen-bond donors (Lipinski definition) is 0. The van der Waals surface area contributed by atoms with Crippen molar-refractivity contribution in [1.29, 1.82) is 5.26 Å². The number of hydrogen-bond acceptors (Lipinski definition) is 4. The molecule has 0 radical (unpaired) electrons. The number of ether oxygens (including phenoxy) is 1. The number of allylic oxidation sites excluding steroid dienone is 1. The van der Waals surface area contributed by atoms with Gasteiger partial charge in [0, 0.05) is 18.2 Å². The monoisotopic (exact) mass is 436 g/mol. The van der Waals surface area contributed by atoms with Crippen molar-refractivity contribution < 1.29 is 9.66 Å². The molecule has 0 fully saturated rings. The molecule has 0 aliphatic rings. The van der Waals surface area contributed by atoms with Crippen molar-refractivity contribution in [1.82, 2.24) is 0 Å². The van der Waals surface area contributed by atoms with Gasteiger partial charge in [-0.1, -0.05) is 12.1 Å². The molecule has 0 saturated heterocycles. The number of halogens is 2. The lowest BCUT2D eigenvalue weighted by atomic mass is 10.2. The van der Waals surface area contributed by atoms with Gasteiger partial charge in [-0.05, 0) is 61.2 Å². The van der Waals surface area contributed by atoms with E-state index in [9.17, 15) is 10.1 Å². The minimum absolute atomic E-state index is 0.0289. The Hall–Kier alpha value is -2.17. The van der Waals surface area contributed by atoms with Crippen LogP contribution < -0.4 is 4.74 Å². The van der Waals surface area contributed by atoms with Crippen LogP contribution in [0.25, 0.3) is 6.08 Å². The van der Waals surface area contributed by atoms with Gasteiger partial charge in [-0.2, -0.15) is 5.26 Å². The van der Waals surface area contributed by atoms with E-state index in [1.807, 2.05) is 18.2 Å². The van der Waals surface area contributed by atoms with Crippen LogP contribution in [-0.2, 0) is 6.61 Å². The first-order chi connectivity index (χ1) is 11.0. The van der Waals surface area contributed by atoms with E-state index in [4.69, 9.17) is 10.00 Å². The van der Waals surface area contributed by atoms with Gasteiger partial charge in [0.2, 0.25) is 0 Å². The fourth-order valence-corrected chi connectivity index (χ4v) is 3.31. The molecule has 7 heteroatoms. The summed E-state index contributed by atoms with van der Waals surface area (Å²) in [7, 11) is 0. The third-order valence-corrected chi connectivity index (χ3v) is 4.05. The van der Waals surface area contributed by atoms with E-state index >= 15 is 0 Å². The van der Waals surface area contributed by atoms with Gasteiger partial charge in [-0.3, -0.25) is 10.1 Å². The highest BCUT2D eigenvalue weighted by molar-refractivity contribution is 9.11. The maximum absolute atomic E-state index is 10.8. The second-order valence-electron chi connectivity index (χ2n) is 4.49. The van der Waals surface area contributed by atoms with Gasteiger partial charge < -0.3 is 4.74 Å². The molecule has 2 aromatic rings. The maximum Gasteiger partial charge on any atom is 0.269 e. The second kappa shape index (κ2) is 7.90. The van der Waals surface area contributed by atoms with Crippen LogP contribution in [-0.4, -0.2) is 4.92 Å². The van der Waals surface area contributed by atoms with Crippen molar-refractivity contribution in [3.8, 4) is 11.8 Å². The molecule has 2 aromatic carbocycles. The Morgan fingerprint density at radius 3 is 2.57 bits per heavy atom. The van der Waals surface area contributed by atoms with Crippen LogP contribution in [0.2, 0.25) is 0 Å². The molecular formula is C16H10Br2N2O3. The Labute approximate surface area is 149 Å². The number of nitro groups is 1. The normalized spacial score (nSPS) is 10.5. The SMILES string of the molecule is N#C/C=C/c1cc(Br)c(OCc2cccc([N+](=O)[O-])c2)c(Br)c1. The zero-order valence-electron chi connectivity index (χ0n) is 11.7. The first-order valence-corrected chi connectivity index (χ1v) is 8.01. The molecule has 0 aromatic heterocycles. The van der Waals surface area contributed by atoms with Crippen LogP contribution in [0, 0.1) is 21.4 Å². The highest BCUT2D eigenvalue weighted by Gasteiger charge is 2.10. The average molecular weight is 438 g/mol. The Morgan fingerprint density at radius 1 is 1.26 bits per heavy atom. The van der Waals surface area contributed by atoms with Crippen LogP contribution in [0.15, 0.2) is 51.4 Å². The lowest BCUT2D eigenvalue weighted by Gasteiger charge is -2.11. The smallest absolute Gasteiger partial charge is 0.269 e. The minimum Gasteiger partial charge on any atom is -0.487 e. The quantitative estimate of drug-likeness (QED) is 0.364. The van der Waals surface area contributed by atoms with Crippen molar-refractivity contribution in [2.75, 3.05) is 0 Å². The minimum atomic E-state index is -0.439. The predicted molar refractivity (Wildman–Crippen MR) is 93.9 cm³/mol. The van der Waals surface area contributed by atoms with E-state index in [0.29, 0.717) is 11.3 Å². The van der Waals surface area contributed by atoms with E-state index in [-0.39, 0.29) is 12.3 Å². The van der Waals surface area contributed by atoms with Crippen LogP contribution in [0.1, 0.15) is 11.1 Å². The van der Waals surface area contributed by atoms with Crippen molar-refractivity contribution in [2.45, 2.75) is 6.61 Å². The summed E-state index contributed by atoms with van der Waals surface area (Å²) in [6.07, 6.45) is 3.07. The molecule has 0 N–H and O–H groups in total.